The van der Waals surface area contributed by atoms with Crippen molar-refractivity contribution < 1.29 is 9.53 Å². The first-order chi connectivity index (χ1) is 9.68. The van der Waals surface area contributed by atoms with Gasteiger partial charge in [-0.05, 0) is 24.3 Å². The molecule has 2 aromatic rings. The molecule has 2 heterocycles. The van der Waals surface area contributed by atoms with E-state index >= 15 is 0 Å². The minimum absolute atomic E-state index is 0.300. The molecule has 0 saturated carbocycles. The Labute approximate surface area is 116 Å². The second-order valence-corrected chi connectivity index (χ2v) is 4.76. The Morgan fingerprint density at radius 3 is 3.05 bits per heavy atom. The molecule has 0 spiro atoms. The van der Waals surface area contributed by atoms with Gasteiger partial charge in [-0.1, -0.05) is 0 Å². The zero-order chi connectivity index (χ0) is 14.1. The van der Waals surface area contributed by atoms with E-state index in [-0.39, 0.29) is 0 Å². The monoisotopic (exact) mass is 272 g/mol. The molecule has 1 fully saturated rings. The predicted molar refractivity (Wildman–Crippen MR) is 77.3 cm³/mol. The SMILES string of the molecule is NC(=O)C1COCCN1c1ccc(N)c2cccnc12. The number of pyridine rings is 1. The summed E-state index contributed by atoms with van der Waals surface area (Å²) in [7, 11) is 0. The molecule has 1 atom stereocenters. The summed E-state index contributed by atoms with van der Waals surface area (Å²) in [6, 6.07) is 6.99. The molecular weight excluding hydrogens is 256 g/mol. The molecule has 1 amide bonds. The van der Waals surface area contributed by atoms with E-state index in [0.717, 1.165) is 16.6 Å². The Morgan fingerprint density at radius 1 is 1.40 bits per heavy atom. The maximum atomic E-state index is 11.6. The molecule has 1 saturated heterocycles. The van der Waals surface area contributed by atoms with Crippen molar-refractivity contribution in [1.29, 1.82) is 0 Å². The van der Waals surface area contributed by atoms with Crippen LogP contribution in [-0.2, 0) is 9.53 Å². The fourth-order valence-corrected chi connectivity index (χ4v) is 2.54. The zero-order valence-electron chi connectivity index (χ0n) is 11.0. The first-order valence-corrected chi connectivity index (χ1v) is 6.45. The third-order valence-corrected chi connectivity index (χ3v) is 3.55. The van der Waals surface area contributed by atoms with Gasteiger partial charge in [-0.2, -0.15) is 0 Å². The first-order valence-electron chi connectivity index (χ1n) is 6.45. The molecule has 6 nitrogen and oxygen atoms in total. The number of morpholine rings is 1. The number of ether oxygens (including phenoxy) is 1. The van der Waals surface area contributed by atoms with Crippen LogP contribution in [0.1, 0.15) is 0 Å². The molecule has 1 aliphatic heterocycles. The maximum absolute atomic E-state index is 11.6. The number of hydrogen-bond donors (Lipinski definition) is 2. The van der Waals surface area contributed by atoms with Crippen LogP contribution >= 0.6 is 0 Å². The highest BCUT2D eigenvalue weighted by Crippen LogP contribution is 2.31. The molecule has 0 radical (unpaired) electrons. The number of nitrogens with two attached hydrogens (primary N) is 2. The predicted octanol–water partition coefficient (Wildman–Crippen LogP) is 0.507. The molecule has 1 unspecified atom stereocenters. The Kier molecular flexibility index (Phi) is 3.15. The highest BCUT2D eigenvalue weighted by Gasteiger charge is 2.29. The van der Waals surface area contributed by atoms with Gasteiger partial charge in [0.1, 0.15) is 6.04 Å². The molecule has 6 heteroatoms. The Balaban J connectivity index is 2.13. The minimum atomic E-state index is -0.474. The van der Waals surface area contributed by atoms with Crippen molar-refractivity contribution in [1.82, 2.24) is 4.98 Å². The van der Waals surface area contributed by atoms with E-state index in [4.69, 9.17) is 16.2 Å². The normalized spacial score (nSPS) is 19.2. The van der Waals surface area contributed by atoms with E-state index in [2.05, 4.69) is 4.98 Å². The smallest absolute Gasteiger partial charge is 0.242 e. The van der Waals surface area contributed by atoms with E-state index in [1.54, 1.807) is 6.20 Å². The lowest BCUT2D eigenvalue weighted by Gasteiger charge is -2.35. The van der Waals surface area contributed by atoms with E-state index in [1.807, 2.05) is 29.2 Å². The van der Waals surface area contributed by atoms with Gasteiger partial charge in [0, 0.05) is 23.8 Å². The number of fused-ring (bicyclic) bond motifs is 1. The lowest BCUT2D eigenvalue weighted by molar-refractivity contribution is -0.121. The number of aromatic nitrogens is 1. The lowest BCUT2D eigenvalue weighted by atomic mass is 10.1. The molecule has 0 bridgehead atoms. The third-order valence-electron chi connectivity index (χ3n) is 3.55. The molecule has 1 aromatic heterocycles. The van der Waals surface area contributed by atoms with E-state index in [9.17, 15) is 4.79 Å². The van der Waals surface area contributed by atoms with Crippen molar-refractivity contribution in [2.75, 3.05) is 30.4 Å². The van der Waals surface area contributed by atoms with Crippen molar-refractivity contribution >= 4 is 28.2 Å². The largest absolute Gasteiger partial charge is 0.398 e. The summed E-state index contributed by atoms with van der Waals surface area (Å²) >= 11 is 0. The summed E-state index contributed by atoms with van der Waals surface area (Å²) in [6.45, 7) is 1.46. The molecule has 4 N–H and O–H groups in total. The van der Waals surface area contributed by atoms with E-state index < -0.39 is 11.9 Å². The average Bonchev–Trinajstić information content (AvgIpc) is 2.48. The molecule has 20 heavy (non-hydrogen) atoms. The summed E-state index contributed by atoms with van der Waals surface area (Å²) in [5.74, 6) is -0.398. The summed E-state index contributed by atoms with van der Waals surface area (Å²) in [6.07, 6.45) is 1.71. The van der Waals surface area contributed by atoms with Crippen molar-refractivity contribution in [2.45, 2.75) is 6.04 Å². The van der Waals surface area contributed by atoms with Crippen molar-refractivity contribution in [3.8, 4) is 0 Å². The fourth-order valence-electron chi connectivity index (χ4n) is 2.54. The highest BCUT2D eigenvalue weighted by molar-refractivity contribution is 6.00. The number of nitrogen functional groups attached to an aromatic ring is 1. The number of carbonyl (C=O) groups excluding carboxylic acids is 1. The van der Waals surface area contributed by atoms with Crippen LogP contribution in [0.4, 0.5) is 11.4 Å². The minimum Gasteiger partial charge on any atom is -0.398 e. The Hall–Kier alpha value is -2.34. The highest BCUT2D eigenvalue weighted by atomic mass is 16.5. The number of anilines is 2. The maximum Gasteiger partial charge on any atom is 0.242 e. The number of rotatable bonds is 2. The van der Waals surface area contributed by atoms with Gasteiger partial charge in [0.2, 0.25) is 5.91 Å². The fraction of sp³-hybridized carbons (Fsp3) is 0.286. The summed E-state index contributed by atoms with van der Waals surface area (Å²) in [5.41, 5.74) is 13.7. The van der Waals surface area contributed by atoms with Gasteiger partial charge < -0.3 is 21.1 Å². The van der Waals surface area contributed by atoms with Gasteiger partial charge in [0.05, 0.1) is 24.4 Å². The van der Waals surface area contributed by atoms with Crippen LogP contribution in [0.5, 0.6) is 0 Å². The lowest BCUT2D eigenvalue weighted by Crippen LogP contribution is -2.52. The number of amides is 1. The summed E-state index contributed by atoms with van der Waals surface area (Å²) in [5, 5.41) is 0.875. The van der Waals surface area contributed by atoms with Crippen LogP contribution in [0.25, 0.3) is 10.9 Å². The van der Waals surface area contributed by atoms with Crippen LogP contribution in [0, 0.1) is 0 Å². The zero-order valence-corrected chi connectivity index (χ0v) is 11.0. The van der Waals surface area contributed by atoms with Gasteiger partial charge >= 0.3 is 0 Å². The van der Waals surface area contributed by atoms with E-state index in [0.29, 0.717) is 25.4 Å². The number of primary amides is 1. The van der Waals surface area contributed by atoms with E-state index in [1.165, 1.54) is 0 Å². The molecule has 1 aliphatic rings. The van der Waals surface area contributed by atoms with Gasteiger partial charge in [0.15, 0.2) is 0 Å². The van der Waals surface area contributed by atoms with Crippen molar-refractivity contribution in [3.63, 3.8) is 0 Å². The molecular formula is C14H16N4O2. The van der Waals surface area contributed by atoms with Crippen LogP contribution in [-0.4, -0.2) is 36.7 Å². The third kappa shape index (κ3) is 2.04. The molecule has 1 aromatic carbocycles. The first kappa shape index (κ1) is 12.7. The van der Waals surface area contributed by atoms with Gasteiger partial charge in [-0.25, -0.2) is 0 Å². The van der Waals surface area contributed by atoms with Crippen molar-refractivity contribution in [3.05, 3.63) is 30.5 Å². The number of benzene rings is 1. The molecule has 3 rings (SSSR count). The number of carbonyl (C=O) groups is 1. The topological polar surface area (TPSA) is 94.5 Å². The summed E-state index contributed by atoms with van der Waals surface area (Å²) < 4.78 is 5.34. The molecule has 0 aliphatic carbocycles. The second-order valence-electron chi connectivity index (χ2n) is 4.76. The average molecular weight is 272 g/mol. The van der Waals surface area contributed by atoms with Crippen LogP contribution in [0.2, 0.25) is 0 Å². The molecule has 104 valence electrons. The second kappa shape index (κ2) is 4.97. The Morgan fingerprint density at radius 2 is 2.25 bits per heavy atom. The van der Waals surface area contributed by atoms with Gasteiger partial charge in [-0.15, -0.1) is 0 Å². The van der Waals surface area contributed by atoms with Gasteiger partial charge in [0.25, 0.3) is 0 Å². The van der Waals surface area contributed by atoms with Crippen LogP contribution in [0.15, 0.2) is 30.5 Å². The quantitative estimate of drug-likeness (QED) is 0.777. The standard InChI is InChI=1S/C14H16N4O2/c15-10-3-4-11(13-9(10)2-1-5-17-13)18-6-7-20-8-12(18)14(16)19/h1-5,12H,6-8,15H2,(H2,16,19). The number of nitrogens with zero attached hydrogens (tertiary/aromatic N) is 2. The number of hydrogen-bond acceptors (Lipinski definition) is 5. The summed E-state index contributed by atoms with van der Waals surface area (Å²) in [4.78, 5) is 17.9. The van der Waals surface area contributed by atoms with Crippen LogP contribution < -0.4 is 16.4 Å². The van der Waals surface area contributed by atoms with Crippen LogP contribution in [0.3, 0.4) is 0 Å². The van der Waals surface area contributed by atoms with Crippen molar-refractivity contribution in [2.24, 2.45) is 5.73 Å². The van der Waals surface area contributed by atoms with Gasteiger partial charge in [-0.3, -0.25) is 9.78 Å². The Bertz CT molecular complexity index is 659.